The molecule has 1 aromatic carbocycles. The van der Waals surface area contributed by atoms with Crippen LogP contribution < -0.4 is 16.4 Å². The molecule has 1 atom stereocenters. The van der Waals surface area contributed by atoms with E-state index in [1.54, 1.807) is 18.2 Å². The first-order chi connectivity index (χ1) is 13.5. The highest BCUT2D eigenvalue weighted by Gasteiger charge is 2.44. The minimum atomic E-state index is -0.977. The first-order valence-electron chi connectivity index (χ1n) is 8.67. The van der Waals surface area contributed by atoms with Gasteiger partial charge in [-0.15, -0.1) is 5.10 Å². The van der Waals surface area contributed by atoms with Crippen LogP contribution in [0, 0.1) is 0 Å². The molecular formula is C17H17N7O4. The topological polar surface area (TPSA) is 163 Å². The standard InChI is InChI=1S/C17H17N7O4/c18-6-12-20-17(23-22-12)19-7-8-1-2-9-10(5-8)16(28)24(15(9)27)11-3-4-13(25)21-14(11)26/h1-2,5,11H,3-4,6-7,18H2,(H,21,25,26)(H2,19,20,22,23). The predicted molar refractivity (Wildman–Crippen MR) is 94.7 cm³/mol. The Morgan fingerprint density at radius 1 is 1.18 bits per heavy atom. The highest BCUT2D eigenvalue weighted by molar-refractivity contribution is 6.23. The van der Waals surface area contributed by atoms with E-state index in [1.807, 2.05) is 0 Å². The van der Waals surface area contributed by atoms with Gasteiger partial charge >= 0.3 is 0 Å². The first-order valence-corrected chi connectivity index (χ1v) is 8.67. The average molecular weight is 383 g/mol. The Bertz CT molecular complexity index is 999. The number of nitrogens with two attached hydrogens (primary N) is 1. The van der Waals surface area contributed by atoms with Gasteiger partial charge in [0, 0.05) is 13.0 Å². The number of amides is 4. The predicted octanol–water partition coefficient (Wildman–Crippen LogP) is -0.723. The van der Waals surface area contributed by atoms with Crippen LogP contribution in [0.25, 0.3) is 0 Å². The summed E-state index contributed by atoms with van der Waals surface area (Å²) in [6.07, 6.45) is 0.208. The molecule has 4 amide bonds. The van der Waals surface area contributed by atoms with E-state index in [1.165, 1.54) is 0 Å². The largest absolute Gasteiger partial charge is 0.349 e. The number of nitrogens with zero attached hydrogens (tertiary/aromatic N) is 3. The molecule has 4 rings (SSSR count). The number of benzene rings is 1. The van der Waals surface area contributed by atoms with E-state index in [0.717, 1.165) is 10.5 Å². The number of aromatic nitrogens is 3. The van der Waals surface area contributed by atoms with Gasteiger partial charge in [-0.25, -0.2) is 0 Å². The van der Waals surface area contributed by atoms with Crippen molar-refractivity contribution in [3.8, 4) is 0 Å². The fourth-order valence-electron chi connectivity index (χ4n) is 3.27. The third-order valence-corrected chi connectivity index (χ3v) is 4.68. The number of H-pyrrole nitrogens is 1. The molecule has 0 aliphatic carbocycles. The molecule has 0 saturated carbocycles. The number of carbonyl (C=O) groups is 4. The van der Waals surface area contributed by atoms with E-state index in [2.05, 4.69) is 25.8 Å². The number of fused-ring (bicyclic) bond motifs is 1. The molecule has 1 saturated heterocycles. The summed E-state index contributed by atoms with van der Waals surface area (Å²) in [5, 5.41) is 11.8. The SMILES string of the molecule is NCc1nc(NCc2ccc3c(c2)C(=O)N(C2CCC(=O)NC2=O)C3=O)n[nH]1. The van der Waals surface area contributed by atoms with Gasteiger partial charge in [-0.05, 0) is 24.1 Å². The summed E-state index contributed by atoms with van der Waals surface area (Å²) >= 11 is 0. The molecule has 28 heavy (non-hydrogen) atoms. The summed E-state index contributed by atoms with van der Waals surface area (Å²) in [7, 11) is 0. The van der Waals surface area contributed by atoms with Crippen LogP contribution in [0.2, 0.25) is 0 Å². The Kier molecular flexibility index (Phi) is 4.35. The Morgan fingerprint density at radius 2 is 1.96 bits per heavy atom. The molecule has 1 fully saturated rings. The van der Waals surface area contributed by atoms with Gasteiger partial charge in [0.2, 0.25) is 17.8 Å². The van der Waals surface area contributed by atoms with Crippen molar-refractivity contribution in [3.05, 3.63) is 40.7 Å². The normalized spacial score (nSPS) is 19.0. The number of hydrogen-bond acceptors (Lipinski definition) is 8. The number of anilines is 1. The maximum atomic E-state index is 12.8. The van der Waals surface area contributed by atoms with Crippen LogP contribution >= 0.6 is 0 Å². The highest BCUT2D eigenvalue weighted by Crippen LogP contribution is 2.28. The zero-order valence-electron chi connectivity index (χ0n) is 14.7. The van der Waals surface area contributed by atoms with Crippen LogP contribution in [0.4, 0.5) is 5.95 Å². The molecule has 11 nitrogen and oxygen atoms in total. The molecular weight excluding hydrogens is 366 g/mol. The third-order valence-electron chi connectivity index (χ3n) is 4.68. The van der Waals surface area contributed by atoms with Crippen LogP contribution in [0.1, 0.15) is 44.9 Å². The number of aromatic amines is 1. The Hall–Kier alpha value is -3.60. The molecule has 2 aliphatic rings. The van der Waals surface area contributed by atoms with E-state index in [0.29, 0.717) is 18.3 Å². The number of hydrogen-bond donors (Lipinski definition) is 4. The van der Waals surface area contributed by atoms with E-state index in [-0.39, 0.29) is 30.5 Å². The van der Waals surface area contributed by atoms with Crippen LogP contribution in [0.3, 0.4) is 0 Å². The molecule has 0 bridgehead atoms. The van der Waals surface area contributed by atoms with Gasteiger partial charge in [0.25, 0.3) is 11.8 Å². The van der Waals surface area contributed by atoms with Crippen molar-refractivity contribution in [2.45, 2.75) is 32.0 Å². The van der Waals surface area contributed by atoms with Crippen LogP contribution in [0.5, 0.6) is 0 Å². The molecule has 1 aromatic heterocycles. The zero-order chi connectivity index (χ0) is 19.8. The lowest BCUT2D eigenvalue weighted by atomic mass is 10.0. The van der Waals surface area contributed by atoms with Crippen molar-refractivity contribution in [2.24, 2.45) is 5.73 Å². The van der Waals surface area contributed by atoms with Gasteiger partial charge in [-0.2, -0.15) is 4.98 Å². The second-order valence-corrected chi connectivity index (χ2v) is 6.49. The molecule has 2 aliphatic heterocycles. The van der Waals surface area contributed by atoms with Gasteiger partial charge in [0.1, 0.15) is 11.9 Å². The van der Waals surface area contributed by atoms with Crippen LogP contribution in [-0.4, -0.2) is 49.8 Å². The van der Waals surface area contributed by atoms with Gasteiger partial charge in [0.05, 0.1) is 17.7 Å². The summed E-state index contributed by atoms with van der Waals surface area (Å²) in [5.74, 6) is -1.20. The third kappa shape index (κ3) is 3.01. The van der Waals surface area contributed by atoms with Gasteiger partial charge < -0.3 is 11.1 Å². The summed E-state index contributed by atoms with van der Waals surface area (Å²) < 4.78 is 0. The number of piperidine rings is 1. The van der Waals surface area contributed by atoms with Crippen molar-refractivity contribution in [1.82, 2.24) is 25.4 Å². The van der Waals surface area contributed by atoms with E-state index in [4.69, 9.17) is 5.73 Å². The molecule has 3 heterocycles. The maximum Gasteiger partial charge on any atom is 0.262 e. The van der Waals surface area contributed by atoms with Crippen LogP contribution in [-0.2, 0) is 22.7 Å². The van der Waals surface area contributed by atoms with Crippen molar-refractivity contribution >= 4 is 29.6 Å². The number of nitrogens with one attached hydrogen (secondary N) is 3. The summed E-state index contributed by atoms with van der Waals surface area (Å²) in [4.78, 5) is 53.9. The first kappa shape index (κ1) is 17.8. The molecule has 0 radical (unpaired) electrons. The quantitative estimate of drug-likeness (QED) is 0.491. The second kappa shape index (κ2) is 6.85. The Balaban J connectivity index is 1.52. The lowest BCUT2D eigenvalue weighted by Gasteiger charge is -2.27. The highest BCUT2D eigenvalue weighted by atomic mass is 16.2. The fraction of sp³-hybridized carbons (Fsp3) is 0.294. The van der Waals surface area contributed by atoms with E-state index >= 15 is 0 Å². The number of rotatable bonds is 5. The minimum Gasteiger partial charge on any atom is -0.349 e. The zero-order valence-corrected chi connectivity index (χ0v) is 14.7. The average Bonchev–Trinajstić information content (AvgIpc) is 3.24. The molecule has 5 N–H and O–H groups in total. The van der Waals surface area contributed by atoms with Gasteiger partial charge in [-0.1, -0.05) is 6.07 Å². The summed E-state index contributed by atoms with van der Waals surface area (Å²) in [6.45, 7) is 0.565. The molecule has 1 unspecified atom stereocenters. The molecule has 0 spiro atoms. The van der Waals surface area contributed by atoms with E-state index in [9.17, 15) is 19.2 Å². The number of imide groups is 2. The Morgan fingerprint density at radius 3 is 2.68 bits per heavy atom. The smallest absolute Gasteiger partial charge is 0.262 e. The van der Waals surface area contributed by atoms with Crippen LogP contribution in [0.15, 0.2) is 18.2 Å². The minimum absolute atomic E-state index is 0.0838. The Labute approximate surface area is 158 Å². The maximum absolute atomic E-state index is 12.8. The molecule has 144 valence electrons. The van der Waals surface area contributed by atoms with Crippen molar-refractivity contribution in [3.63, 3.8) is 0 Å². The molecule has 11 heteroatoms. The summed E-state index contributed by atoms with van der Waals surface area (Å²) in [5.41, 5.74) is 6.68. The van der Waals surface area contributed by atoms with Crippen molar-refractivity contribution in [2.75, 3.05) is 5.32 Å². The van der Waals surface area contributed by atoms with Crippen molar-refractivity contribution < 1.29 is 19.2 Å². The van der Waals surface area contributed by atoms with E-state index < -0.39 is 29.7 Å². The summed E-state index contributed by atoms with van der Waals surface area (Å²) in [6, 6.07) is 3.89. The number of carbonyl (C=O) groups excluding carboxylic acids is 4. The van der Waals surface area contributed by atoms with Gasteiger partial charge in [0.15, 0.2) is 0 Å². The fourth-order valence-corrected chi connectivity index (χ4v) is 3.27. The molecule has 2 aromatic rings. The van der Waals surface area contributed by atoms with Gasteiger partial charge in [-0.3, -0.25) is 34.5 Å². The lowest BCUT2D eigenvalue weighted by molar-refractivity contribution is -0.136. The van der Waals surface area contributed by atoms with Crippen molar-refractivity contribution in [1.29, 1.82) is 0 Å². The monoisotopic (exact) mass is 383 g/mol. The lowest BCUT2D eigenvalue weighted by Crippen LogP contribution is -2.54. The second-order valence-electron chi connectivity index (χ2n) is 6.49.